The van der Waals surface area contributed by atoms with Gasteiger partial charge in [-0.2, -0.15) is 0 Å². The van der Waals surface area contributed by atoms with Crippen molar-refractivity contribution in [3.05, 3.63) is 36.5 Å². The molecule has 1 saturated heterocycles. The summed E-state index contributed by atoms with van der Waals surface area (Å²) < 4.78 is 17.4. The first-order valence-corrected chi connectivity index (χ1v) is 7.14. The fourth-order valence-corrected chi connectivity index (χ4v) is 3.39. The Hall–Kier alpha value is -1.23. The summed E-state index contributed by atoms with van der Waals surface area (Å²) in [4.78, 5) is 12.4. The van der Waals surface area contributed by atoms with Gasteiger partial charge in [-0.25, -0.2) is 0 Å². The smallest absolute Gasteiger partial charge is 0.185 e. The van der Waals surface area contributed by atoms with Gasteiger partial charge >= 0.3 is 0 Å². The molecule has 0 aromatic heterocycles. The third-order valence-corrected chi connectivity index (χ3v) is 4.24. The molecule has 1 spiro atoms. The quantitative estimate of drug-likeness (QED) is 0.582. The minimum atomic E-state index is -0.776. The maximum Gasteiger partial charge on any atom is 0.185 e. The van der Waals surface area contributed by atoms with Crippen LogP contribution in [-0.2, 0) is 19.0 Å². The van der Waals surface area contributed by atoms with E-state index in [0.29, 0.717) is 32.8 Å². The van der Waals surface area contributed by atoms with Crippen molar-refractivity contribution in [2.45, 2.75) is 18.6 Å². The molecule has 0 radical (unpaired) electrons. The number of ketones is 1. The topological polar surface area (TPSA) is 44.8 Å². The van der Waals surface area contributed by atoms with Crippen molar-refractivity contribution in [2.24, 2.45) is 11.8 Å². The van der Waals surface area contributed by atoms with Crippen LogP contribution in [0.4, 0.5) is 0 Å². The van der Waals surface area contributed by atoms with Crippen LogP contribution in [0.15, 0.2) is 36.5 Å². The van der Waals surface area contributed by atoms with Crippen LogP contribution in [-0.4, -0.2) is 38.0 Å². The van der Waals surface area contributed by atoms with Gasteiger partial charge in [-0.15, -0.1) is 6.58 Å². The summed E-state index contributed by atoms with van der Waals surface area (Å²) in [5.41, 5.74) is 0.974. The van der Waals surface area contributed by atoms with Gasteiger partial charge in [-0.3, -0.25) is 4.79 Å². The van der Waals surface area contributed by atoms with Crippen molar-refractivity contribution in [3.8, 4) is 0 Å². The summed E-state index contributed by atoms with van der Waals surface area (Å²) in [6, 6.07) is 0. The Bertz CT molecular complexity index is 457. The molecular weight excluding hydrogens is 256 g/mol. The molecule has 2 atom stereocenters. The van der Waals surface area contributed by atoms with E-state index in [1.54, 1.807) is 12.2 Å². The van der Waals surface area contributed by atoms with Crippen LogP contribution < -0.4 is 0 Å². The Morgan fingerprint density at radius 1 is 1.30 bits per heavy atom. The second-order valence-corrected chi connectivity index (χ2v) is 5.39. The Morgan fingerprint density at radius 3 is 2.70 bits per heavy atom. The molecule has 0 saturated carbocycles. The van der Waals surface area contributed by atoms with Gasteiger partial charge in [0.1, 0.15) is 0 Å². The Morgan fingerprint density at radius 2 is 2.00 bits per heavy atom. The van der Waals surface area contributed by atoms with Crippen molar-refractivity contribution in [1.29, 1.82) is 0 Å². The lowest BCUT2D eigenvalue weighted by atomic mass is 9.73. The third-order valence-electron chi connectivity index (χ3n) is 4.24. The van der Waals surface area contributed by atoms with E-state index in [-0.39, 0.29) is 17.6 Å². The van der Waals surface area contributed by atoms with Crippen molar-refractivity contribution in [1.82, 2.24) is 0 Å². The second kappa shape index (κ2) is 5.64. The number of allylic oxidation sites excluding steroid dienone is 3. The van der Waals surface area contributed by atoms with Gasteiger partial charge in [0.15, 0.2) is 11.6 Å². The molecule has 2 unspecified atom stereocenters. The molecule has 3 rings (SSSR count). The fourth-order valence-electron chi connectivity index (χ4n) is 3.39. The van der Waals surface area contributed by atoms with Crippen LogP contribution in [0.3, 0.4) is 0 Å². The molecule has 20 heavy (non-hydrogen) atoms. The van der Waals surface area contributed by atoms with Gasteiger partial charge in [-0.1, -0.05) is 18.2 Å². The highest BCUT2D eigenvalue weighted by Gasteiger charge is 2.56. The first kappa shape index (κ1) is 13.7. The molecule has 108 valence electrons. The molecular formula is C16H20O4. The molecule has 0 aromatic rings. The monoisotopic (exact) mass is 276 g/mol. The number of carbonyl (C=O) groups excluding carboxylic acids is 1. The molecule has 2 aliphatic carbocycles. The highest BCUT2D eigenvalue weighted by atomic mass is 16.7. The van der Waals surface area contributed by atoms with E-state index in [0.717, 1.165) is 12.0 Å². The Labute approximate surface area is 119 Å². The predicted molar refractivity (Wildman–Crippen MR) is 74.1 cm³/mol. The SMILES string of the molecule is C=CCOCC1=CC(=O)C2CC=CCC1C21OCCO1. The van der Waals surface area contributed by atoms with Crippen molar-refractivity contribution in [3.63, 3.8) is 0 Å². The van der Waals surface area contributed by atoms with E-state index in [4.69, 9.17) is 14.2 Å². The zero-order valence-corrected chi connectivity index (χ0v) is 11.5. The van der Waals surface area contributed by atoms with E-state index in [1.165, 1.54) is 0 Å². The average molecular weight is 276 g/mol. The van der Waals surface area contributed by atoms with Crippen LogP contribution in [0, 0.1) is 11.8 Å². The standard InChI is InChI=1S/C16H20O4/c1-2-7-18-11-12-10-15(17)14-6-4-3-5-13(12)16(14)19-8-9-20-16/h2-4,10,13-14H,1,5-9,11H2. The molecule has 1 fully saturated rings. The molecule has 0 aromatic carbocycles. The van der Waals surface area contributed by atoms with Crippen molar-refractivity contribution >= 4 is 5.78 Å². The lowest BCUT2D eigenvalue weighted by Crippen LogP contribution is -2.52. The fraction of sp³-hybridized carbons (Fsp3) is 0.562. The van der Waals surface area contributed by atoms with Crippen LogP contribution in [0.25, 0.3) is 0 Å². The number of rotatable bonds is 4. The normalized spacial score (nSPS) is 31.2. The minimum Gasteiger partial charge on any atom is -0.373 e. The van der Waals surface area contributed by atoms with Crippen molar-refractivity contribution in [2.75, 3.05) is 26.4 Å². The van der Waals surface area contributed by atoms with Gasteiger partial charge in [-0.05, 0) is 24.5 Å². The van der Waals surface area contributed by atoms with Crippen LogP contribution in [0.5, 0.6) is 0 Å². The summed E-state index contributed by atoms with van der Waals surface area (Å²) >= 11 is 0. The van der Waals surface area contributed by atoms with E-state index >= 15 is 0 Å². The summed E-state index contributed by atoms with van der Waals surface area (Å²) in [7, 11) is 0. The van der Waals surface area contributed by atoms with Gasteiger partial charge in [0.05, 0.1) is 32.3 Å². The van der Waals surface area contributed by atoms with E-state index < -0.39 is 5.79 Å². The highest BCUT2D eigenvalue weighted by molar-refractivity contribution is 5.94. The molecule has 0 amide bonds. The number of ether oxygens (including phenoxy) is 3. The summed E-state index contributed by atoms with van der Waals surface area (Å²) in [5, 5.41) is 0. The second-order valence-electron chi connectivity index (χ2n) is 5.39. The zero-order valence-electron chi connectivity index (χ0n) is 11.5. The van der Waals surface area contributed by atoms with E-state index in [1.807, 2.05) is 0 Å². The molecule has 1 heterocycles. The number of carbonyl (C=O) groups is 1. The lowest BCUT2D eigenvalue weighted by molar-refractivity contribution is -0.221. The molecule has 4 heteroatoms. The summed E-state index contributed by atoms with van der Waals surface area (Å²) in [6.07, 6.45) is 9.15. The third kappa shape index (κ3) is 2.18. The molecule has 1 aliphatic heterocycles. The molecule has 4 nitrogen and oxygen atoms in total. The Kier molecular flexibility index (Phi) is 3.87. The summed E-state index contributed by atoms with van der Waals surface area (Å²) in [6.45, 7) is 5.65. The van der Waals surface area contributed by atoms with Crippen LogP contribution >= 0.6 is 0 Å². The zero-order chi connectivity index (χ0) is 14.0. The van der Waals surface area contributed by atoms with Crippen LogP contribution in [0.2, 0.25) is 0 Å². The number of hydrogen-bond donors (Lipinski definition) is 0. The first-order chi connectivity index (χ1) is 9.78. The lowest BCUT2D eigenvalue weighted by Gasteiger charge is -2.43. The van der Waals surface area contributed by atoms with Crippen molar-refractivity contribution < 1.29 is 19.0 Å². The predicted octanol–water partition coefficient (Wildman–Crippen LogP) is 2.02. The van der Waals surface area contributed by atoms with Gasteiger partial charge in [0.2, 0.25) is 0 Å². The minimum absolute atomic E-state index is 0.0660. The molecule has 0 N–H and O–H groups in total. The average Bonchev–Trinajstić information content (AvgIpc) is 2.84. The van der Waals surface area contributed by atoms with Gasteiger partial charge < -0.3 is 14.2 Å². The van der Waals surface area contributed by atoms with Crippen LogP contribution in [0.1, 0.15) is 12.8 Å². The molecule has 3 aliphatic rings. The maximum atomic E-state index is 12.4. The van der Waals surface area contributed by atoms with E-state index in [9.17, 15) is 4.79 Å². The highest BCUT2D eigenvalue weighted by Crippen LogP contribution is 2.47. The first-order valence-electron chi connectivity index (χ1n) is 7.14. The van der Waals surface area contributed by atoms with E-state index in [2.05, 4.69) is 18.7 Å². The maximum absolute atomic E-state index is 12.4. The van der Waals surface area contributed by atoms with Gasteiger partial charge in [0, 0.05) is 5.92 Å². The summed E-state index contributed by atoms with van der Waals surface area (Å²) in [5.74, 6) is -0.845. The Balaban J connectivity index is 1.91. The molecule has 2 bridgehead atoms. The number of hydrogen-bond acceptors (Lipinski definition) is 4. The largest absolute Gasteiger partial charge is 0.373 e. The van der Waals surface area contributed by atoms with Gasteiger partial charge in [0.25, 0.3) is 0 Å².